The number of hydrogen-bond donors (Lipinski definition) is 0. The number of hydrogen-bond acceptors (Lipinski definition) is 6. The van der Waals surface area contributed by atoms with Crippen molar-refractivity contribution in [3.8, 4) is 5.75 Å². The van der Waals surface area contributed by atoms with Gasteiger partial charge in [0.2, 0.25) is 0 Å². The van der Waals surface area contributed by atoms with Crippen molar-refractivity contribution in [2.45, 2.75) is 32.5 Å². The minimum Gasteiger partial charge on any atom is -0.435 e. The van der Waals surface area contributed by atoms with Gasteiger partial charge in [0, 0.05) is 24.8 Å². The van der Waals surface area contributed by atoms with Crippen LogP contribution in [0.1, 0.15) is 30.7 Å². The zero-order chi connectivity index (χ0) is 19.5. The Morgan fingerprint density at radius 2 is 2.21 bits per heavy atom. The van der Waals surface area contributed by atoms with Crippen LogP contribution < -0.4 is 9.64 Å². The topological polar surface area (TPSA) is 64.8 Å². The van der Waals surface area contributed by atoms with E-state index in [1.165, 1.54) is 12.4 Å². The predicted octanol–water partition coefficient (Wildman–Crippen LogP) is 3.26. The van der Waals surface area contributed by atoms with Crippen LogP contribution in [0.5, 0.6) is 5.75 Å². The van der Waals surface area contributed by atoms with Crippen molar-refractivity contribution in [3.05, 3.63) is 47.9 Å². The van der Waals surface area contributed by atoms with E-state index in [1.807, 2.05) is 12.1 Å². The Hall–Kier alpha value is -2.81. The van der Waals surface area contributed by atoms with Gasteiger partial charge in [0.05, 0.1) is 6.61 Å². The Balaban J connectivity index is 1.61. The second kappa shape index (κ2) is 8.05. The molecule has 3 aromatic rings. The third-order valence-electron chi connectivity index (χ3n) is 4.64. The lowest BCUT2D eigenvalue weighted by atomic mass is 10.1. The number of morpholine rings is 1. The maximum atomic E-state index is 12.5. The molecule has 0 bridgehead atoms. The summed E-state index contributed by atoms with van der Waals surface area (Å²) in [6.07, 6.45) is 3.07. The largest absolute Gasteiger partial charge is 0.435 e. The van der Waals surface area contributed by atoms with Gasteiger partial charge in [0.15, 0.2) is 0 Å². The molecule has 3 heterocycles. The van der Waals surface area contributed by atoms with Gasteiger partial charge < -0.3 is 14.4 Å². The molecule has 1 fully saturated rings. The summed E-state index contributed by atoms with van der Waals surface area (Å²) >= 11 is 0. The molecule has 1 unspecified atom stereocenters. The number of anilines is 1. The Morgan fingerprint density at radius 1 is 1.32 bits per heavy atom. The summed E-state index contributed by atoms with van der Waals surface area (Å²) in [6, 6.07) is 8.68. The molecule has 0 saturated carbocycles. The second-order valence-electron chi connectivity index (χ2n) is 6.58. The molecule has 0 spiro atoms. The van der Waals surface area contributed by atoms with E-state index in [4.69, 9.17) is 4.74 Å². The standard InChI is InChI=1S/C19H21F2N5O2/c1-2-4-14-10-17(26-19(24-14)22-12-23-26)25-7-8-27-16(11-25)13-5-3-6-15(9-13)28-18(20)21/h3,5-6,9-10,12,16,18H,2,4,7-8,11H2,1H3. The number of fused-ring (bicyclic) bond motifs is 1. The number of benzene rings is 1. The van der Waals surface area contributed by atoms with Crippen LogP contribution in [-0.2, 0) is 11.2 Å². The number of aryl methyl sites for hydroxylation is 1. The van der Waals surface area contributed by atoms with Crippen LogP contribution in [0.3, 0.4) is 0 Å². The van der Waals surface area contributed by atoms with Crippen LogP contribution in [0.25, 0.3) is 5.78 Å². The number of halogens is 2. The molecule has 28 heavy (non-hydrogen) atoms. The van der Waals surface area contributed by atoms with Crippen molar-refractivity contribution in [2.75, 3.05) is 24.6 Å². The summed E-state index contributed by atoms with van der Waals surface area (Å²) in [5, 5.41) is 4.30. The van der Waals surface area contributed by atoms with E-state index in [2.05, 4.69) is 31.6 Å². The summed E-state index contributed by atoms with van der Waals surface area (Å²) in [5.41, 5.74) is 1.76. The molecule has 0 amide bonds. The fourth-order valence-electron chi connectivity index (χ4n) is 3.40. The Labute approximate surface area is 160 Å². The summed E-state index contributed by atoms with van der Waals surface area (Å²) < 4.78 is 37.2. The number of nitrogens with zero attached hydrogens (tertiary/aromatic N) is 5. The average Bonchev–Trinajstić information content (AvgIpc) is 3.16. The second-order valence-corrected chi connectivity index (χ2v) is 6.58. The first-order valence-electron chi connectivity index (χ1n) is 9.25. The van der Waals surface area contributed by atoms with Gasteiger partial charge in [-0.3, -0.25) is 0 Å². The molecule has 1 aliphatic heterocycles. The molecule has 1 aliphatic rings. The van der Waals surface area contributed by atoms with E-state index >= 15 is 0 Å². The van der Waals surface area contributed by atoms with E-state index < -0.39 is 6.61 Å². The van der Waals surface area contributed by atoms with Gasteiger partial charge in [-0.1, -0.05) is 25.5 Å². The zero-order valence-electron chi connectivity index (χ0n) is 15.5. The van der Waals surface area contributed by atoms with Gasteiger partial charge >= 0.3 is 6.61 Å². The highest BCUT2D eigenvalue weighted by atomic mass is 19.3. The molecule has 0 aliphatic carbocycles. The van der Waals surface area contributed by atoms with Gasteiger partial charge in [-0.2, -0.15) is 23.4 Å². The Kier molecular flexibility index (Phi) is 5.34. The summed E-state index contributed by atoms with van der Waals surface area (Å²) in [5.74, 6) is 1.59. The van der Waals surface area contributed by atoms with Gasteiger partial charge in [0.25, 0.3) is 5.78 Å². The lowest BCUT2D eigenvalue weighted by molar-refractivity contribution is -0.0501. The van der Waals surface area contributed by atoms with Crippen molar-refractivity contribution in [1.29, 1.82) is 0 Å². The first-order chi connectivity index (χ1) is 13.6. The molecular formula is C19H21F2N5O2. The average molecular weight is 389 g/mol. The molecule has 148 valence electrons. The van der Waals surface area contributed by atoms with E-state index in [-0.39, 0.29) is 11.9 Å². The lowest BCUT2D eigenvalue weighted by Gasteiger charge is -2.34. The van der Waals surface area contributed by atoms with Gasteiger partial charge in [-0.05, 0) is 24.1 Å². The molecule has 0 N–H and O–H groups in total. The quantitative estimate of drug-likeness (QED) is 0.645. The highest BCUT2D eigenvalue weighted by molar-refractivity contribution is 5.48. The SMILES string of the molecule is CCCc1cc(N2CCOC(c3cccc(OC(F)F)c3)C2)n2ncnc2n1. The summed E-state index contributed by atoms with van der Waals surface area (Å²) in [6.45, 7) is 1.01. The molecular weight excluding hydrogens is 368 g/mol. The lowest BCUT2D eigenvalue weighted by Crippen LogP contribution is -2.39. The molecule has 0 radical (unpaired) electrons. The zero-order valence-corrected chi connectivity index (χ0v) is 15.5. The molecule has 4 rings (SSSR count). The monoisotopic (exact) mass is 389 g/mol. The third-order valence-corrected chi connectivity index (χ3v) is 4.64. The van der Waals surface area contributed by atoms with Crippen LogP contribution >= 0.6 is 0 Å². The number of rotatable bonds is 6. The first-order valence-corrected chi connectivity index (χ1v) is 9.25. The molecule has 1 aromatic carbocycles. The summed E-state index contributed by atoms with van der Waals surface area (Å²) in [7, 11) is 0. The highest BCUT2D eigenvalue weighted by Crippen LogP contribution is 2.29. The fraction of sp³-hybridized carbons (Fsp3) is 0.421. The number of ether oxygens (including phenoxy) is 2. The third kappa shape index (κ3) is 3.89. The molecule has 2 aromatic heterocycles. The van der Waals surface area contributed by atoms with Crippen molar-refractivity contribution in [3.63, 3.8) is 0 Å². The van der Waals surface area contributed by atoms with Crippen molar-refractivity contribution < 1.29 is 18.3 Å². The van der Waals surface area contributed by atoms with E-state index in [1.54, 1.807) is 16.6 Å². The Morgan fingerprint density at radius 3 is 3.04 bits per heavy atom. The van der Waals surface area contributed by atoms with Gasteiger partial charge in [0.1, 0.15) is 24.0 Å². The van der Waals surface area contributed by atoms with Crippen LogP contribution in [0.2, 0.25) is 0 Å². The van der Waals surface area contributed by atoms with Crippen LogP contribution in [0.4, 0.5) is 14.6 Å². The number of aromatic nitrogens is 4. The van der Waals surface area contributed by atoms with E-state index in [9.17, 15) is 8.78 Å². The minimum absolute atomic E-state index is 0.126. The van der Waals surface area contributed by atoms with Crippen LogP contribution in [0, 0.1) is 0 Å². The highest BCUT2D eigenvalue weighted by Gasteiger charge is 2.25. The van der Waals surface area contributed by atoms with E-state index in [0.29, 0.717) is 25.5 Å². The summed E-state index contributed by atoms with van der Waals surface area (Å²) in [4.78, 5) is 10.9. The van der Waals surface area contributed by atoms with Gasteiger partial charge in [-0.15, -0.1) is 0 Å². The predicted molar refractivity (Wildman–Crippen MR) is 98.8 cm³/mol. The van der Waals surface area contributed by atoms with Crippen molar-refractivity contribution in [2.24, 2.45) is 0 Å². The molecule has 9 heteroatoms. The maximum Gasteiger partial charge on any atom is 0.387 e. The molecule has 1 atom stereocenters. The Bertz CT molecular complexity index is 949. The van der Waals surface area contributed by atoms with Crippen molar-refractivity contribution >= 4 is 11.6 Å². The van der Waals surface area contributed by atoms with Crippen LogP contribution in [-0.4, -0.2) is 45.9 Å². The minimum atomic E-state index is -2.85. The molecule has 1 saturated heterocycles. The van der Waals surface area contributed by atoms with Gasteiger partial charge in [-0.25, -0.2) is 4.98 Å². The number of alkyl halides is 2. The van der Waals surface area contributed by atoms with E-state index in [0.717, 1.165) is 29.9 Å². The maximum absolute atomic E-state index is 12.5. The fourth-order valence-corrected chi connectivity index (χ4v) is 3.40. The normalized spacial score (nSPS) is 17.4. The first kappa shape index (κ1) is 18.5. The smallest absolute Gasteiger partial charge is 0.387 e. The molecule has 7 nitrogen and oxygen atoms in total. The van der Waals surface area contributed by atoms with Crippen molar-refractivity contribution in [1.82, 2.24) is 19.6 Å². The van der Waals surface area contributed by atoms with Crippen LogP contribution in [0.15, 0.2) is 36.7 Å².